The Labute approximate surface area is 215 Å². The Morgan fingerprint density at radius 2 is 1.69 bits per heavy atom. The molecule has 1 fully saturated rings. The van der Waals surface area contributed by atoms with Gasteiger partial charge in [-0.15, -0.1) is 0 Å². The molecule has 1 aliphatic carbocycles. The number of rotatable bonds is 10. The second-order valence-electron chi connectivity index (χ2n) is 8.78. The molecule has 0 bridgehead atoms. The largest absolute Gasteiger partial charge is 0.497 e. The van der Waals surface area contributed by atoms with Gasteiger partial charge in [-0.25, -0.2) is 8.42 Å². The summed E-state index contributed by atoms with van der Waals surface area (Å²) >= 11 is 3.34. The van der Waals surface area contributed by atoms with E-state index in [1.165, 1.54) is 4.90 Å². The Kier molecular flexibility index (Phi) is 9.18. The summed E-state index contributed by atoms with van der Waals surface area (Å²) in [5.41, 5.74) is 1.17. The minimum Gasteiger partial charge on any atom is -0.497 e. The normalized spacial score (nSPS) is 14.9. The predicted molar refractivity (Wildman–Crippen MR) is 140 cm³/mol. The van der Waals surface area contributed by atoms with Gasteiger partial charge in [-0.05, 0) is 61.7 Å². The van der Waals surface area contributed by atoms with E-state index in [1.807, 2.05) is 12.1 Å². The molecule has 0 saturated heterocycles. The SMILES string of the molecule is COc1ccc(CN(C(=O)CN(c2ccc(Br)cc2)S(C)(=O)=O)[C@@H](C)C(=O)NC2CCCC2)cc1. The molecule has 1 aliphatic rings. The molecule has 0 heterocycles. The van der Waals surface area contributed by atoms with E-state index >= 15 is 0 Å². The number of methoxy groups -OCH3 is 1. The zero-order chi connectivity index (χ0) is 25.6. The van der Waals surface area contributed by atoms with Crippen LogP contribution in [0.2, 0.25) is 0 Å². The summed E-state index contributed by atoms with van der Waals surface area (Å²) in [7, 11) is -2.18. The van der Waals surface area contributed by atoms with E-state index in [0.29, 0.717) is 11.4 Å². The molecule has 0 aliphatic heterocycles. The van der Waals surface area contributed by atoms with Crippen LogP contribution in [0.4, 0.5) is 5.69 Å². The first-order valence-corrected chi connectivity index (χ1v) is 14.2. The van der Waals surface area contributed by atoms with Crippen molar-refractivity contribution in [2.45, 2.75) is 51.2 Å². The van der Waals surface area contributed by atoms with E-state index in [4.69, 9.17) is 4.74 Å². The molecule has 35 heavy (non-hydrogen) atoms. The standard InChI is InChI=1S/C25H32BrN3O5S/c1-18(25(31)27-21-6-4-5-7-21)28(16-19-8-14-23(34-2)15-9-19)24(30)17-29(35(3,32)33)22-12-10-20(26)11-13-22/h8-15,18,21H,4-7,16-17H2,1-3H3,(H,27,31)/t18-/m0/s1. The third-order valence-corrected chi connectivity index (χ3v) is 7.84. The van der Waals surface area contributed by atoms with Crippen LogP contribution in [0.25, 0.3) is 0 Å². The number of hydrogen-bond acceptors (Lipinski definition) is 5. The number of halogens is 1. The first kappa shape index (κ1) is 27.0. The lowest BCUT2D eigenvalue weighted by atomic mass is 10.1. The van der Waals surface area contributed by atoms with Crippen LogP contribution in [-0.4, -0.2) is 57.1 Å². The smallest absolute Gasteiger partial charge is 0.244 e. The topological polar surface area (TPSA) is 96.0 Å². The number of carbonyl (C=O) groups excluding carboxylic acids is 2. The minimum atomic E-state index is -3.75. The zero-order valence-corrected chi connectivity index (χ0v) is 22.6. The second-order valence-corrected chi connectivity index (χ2v) is 11.6. The number of nitrogens with one attached hydrogen (secondary N) is 1. The van der Waals surface area contributed by atoms with E-state index < -0.39 is 28.5 Å². The van der Waals surface area contributed by atoms with Crippen molar-refractivity contribution in [3.8, 4) is 5.75 Å². The minimum absolute atomic E-state index is 0.109. The van der Waals surface area contributed by atoms with Crippen molar-refractivity contribution >= 4 is 43.5 Å². The quantitative estimate of drug-likeness (QED) is 0.473. The van der Waals surface area contributed by atoms with Crippen molar-refractivity contribution < 1.29 is 22.7 Å². The van der Waals surface area contributed by atoms with Crippen molar-refractivity contribution in [3.63, 3.8) is 0 Å². The van der Waals surface area contributed by atoms with Crippen LogP contribution in [0.5, 0.6) is 5.75 Å². The molecule has 0 radical (unpaired) electrons. The summed E-state index contributed by atoms with van der Waals surface area (Å²) in [6, 6.07) is 13.2. The summed E-state index contributed by atoms with van der Waals surface area (Å²) in [4.78, 5) is 28.1. The Morgan fingerprint density at radius 1 is 1.09 bits per heavy atom. The van der Waals surface area contributed by atoms with E-state index in [9.17, 15) is 18.0 Å². The Bertz CT molecular complexity index is 1120. The van der Waals surface area contributed by atoms with Crippen molar-refractivity contribution in [2.24, 2.45) is 0 Å². The molecule has 2 aromatic carbocycles. The van der Waals surface area contributed by atoms with Crippen LogP contribution in [0, 0.1) is 0 Å². The van der Waals surface area contributed by atoms with Crippen LogP contribution in [0.3, 0.4) is 0 Å². The highest BCUT2D eigenvalue weighted by Crippen LogP contribution is 2.23. The number of ether oxygens (including phenoxy) is 1. The number of hydrogen-bond donors (Lipinski definition) is 1. The summed E-state index contributed by atoms with van der Waals surface area (Å²) in [6.45, 7) is 1.41. The summed E-state index contributed by atoms with van der Waals surface area (Å²) in [6.07, 6.45) is 5.06. The van der Waals surface area contributed by atoms with Crippen LogP contribution >= 0.6 is 15.9 Å². The van der Waals surface area contributed by atoms with Crippen LogP contribution in [0.1, 0.15) is 38.2 Å². The van der Waals surface area contributed by atoms with Gasteiger partial charge < -0.3 is 15.0 Å². The predicted octanol–water partition coefficient (Wildman–Crippen LogP) is 3.70. The molecule has 3 rings (SSSR count). The van der Waals surface area contributed by atoms with E-state index in [2.05, 4.69) is 21.2 Å². The number of sulfonamides is 1. The lowest BCUT2D eigenvalue weighted by Gasteiger charge is -2.32. The van der Waals surface area contributed by atoms with Crippen LogP contribution in [0.15, 0.2) is 53.0 Å². The van der Waals surface area contributed by atoms with Gasteiger partial charge in [-0.1, -0.05) is 40.9 Å². The molecule has 0 unspecified atom stereocenters. The highest BCUT2D eigenvalue weighted by Gasteiger charge is 2.31. The average molecular weight is 567 g/mol. The van der Waals surface area contributed by atoms with Gasteiger partial charge >= 0.3 is 0 Å². The van der Waals surface area contributed by atoms with Crippen molar-refractivity contribution in [3.05, 3.63) is 58.6 Å². The molecule has 8 nitrogen and oxygen atoms in total. The first-order valence-electron chi connectivity index (χ1n) is 11.5. The molecular weight excluding hydrogens is 534 g/mol. The van der Waals surface area contributed by atoms with E-state index in [-0.39, 0.29) is 18.5 Å². The highest BCUT2D eigenvalue weighted by molar-refractivity contribution is 9.10. The Balaban J connectivity index is 1.86. The maximum absolute atomic E-state index is 13.6. The molecule has 0 aromatic heterocycles. The van der Waals surface area contributed by atoms with E-state index in [1.54, 1.807) is 50.4 Å². The molecule has 1 atom stereocenters. The fourth-order valence-electron chi connectivity index (χ4n) is 4.12. The lowest BCUT2D eigenvalue weighted by molar-refractivity contribution is -0.139. The van der Waals surface area contributed by atoms with Crippen LogP contribution in [-0.2, 0) is 26.2 Å². The highest BCUT2D eigenvalue weighted by atomic mass is 79.9. The molecule has 1 N–H and O–H groups in total. The Hall–Kier alpha value is -2.59. The fourth-order valence-corrected chi connectivity index (χ4v) is 5.24. The van der Waals surface area contributed by atoms with Gasteiger partial charge in [-0.3, -0.25) is 13.9 Å². The Morgan fingerprint density at radius 3 is 2.23 bits per heavy atom. The molecule has 10 heteroatoms. The molecule has 0 spiro atoms. The van der Waals surface area contributed by atoms with Gasteiger partial charge in [0.2, 0.25) is 21.8 Å². The van der Waals surface area contributed by atoms with Gasteiger partial charge in [0.1, 0.15) is 18.3 Å². The summed E-state index contributed by atoms with van der Waals surface area (Å²) in [5.74, 6) is -0.0336. The number of anilines is 1. The average Bonchev–Trinajstić information content (AvgIpc) is 3.34. The number of nitrogens with zero attached hydrogens (tertiary/aromatic N) is 2. The number of benzene rings is 2. The third kappa shape index (κ3) is 7.44. The molecule has 1 saturated carbocycles. The lowest BCUT2D eigenvalue weighted by Crippen LogP contribution is -2.52. The summed E-state index contributed by atoms with van der Waals surface area (Å²) in [5, 5.41) is 3.05. The number of carbonyl (C=O) groups is 2. The maximum Gasteiger partial charge on any atom is 0.244 e. The van der Waals surface area contributed by atoms with E-state index in [0.717, 1.165) is 46.3 Å². The monoisotopic (exact) mass is 565 g/mol. The number of amides is 2. The molecule has 190 valence electrons. The molecule has 2 aromatic rings. The maximum atomic E-state index is 13.6. The zero-order valence-electron chi connectivity index (χ0n) is 20.2. The van der Waals surface area contributed by atoms with Crippen molar-refractivity contribution in [1.82, 2.24) is 10.2 Å². The third-order valence-electron chi connectivity index (χ3n) is 6.17. The van der Waals surface area contributed by atoms with Gasteiger partial charge in [0.15, 0.2) is 0 Å². The fraction of sp³-hybridized carbons (Fsp3) is 0.440. The molecule has 2 amide bonds. The van der Waals surface area contributed by atoms with Gasteiger partial charge in [0.05, 0.1) is 19.1 Å². The van der Waals surface area contributed by atoms with Crippen molar-refractivity contribution in [2.75, 3.05) is 24.2 Å². The van der Waals surface area contributed by atoms with Crippen molar-refractivity contribution in [1.29, 1.82) is 0 Å². The molecular formula is C25H32BrN3O5S. The van der Waals surface area contributed by atoms with Gasteiger partial charge in [0, 0.05) is 17.1 Å². The summed E-state index contributed by atoms with van der Waals surface area (Å²) < 4.78 is 32.2. The second kappa shape index (κ2) is 11.9. The van der Waals surface area contributed by atoms with Gasteiger partial charge in [-0.2, -0.15) is 0 Å². The first-order chi connectivity index (χ1) is 16.6. The van der Waals surface area contributed by atoms with Crippen LogP contribution < -0.4 is 14.4 Å². The van der Waals surface area contributed by atoms with Gasteiger partial charge in [0.25, 0.3) is 0 Å².